The molecule has 0 fully saturated rings. The summed E-state index contributed by atoms with van der Waals surface area (Å²) in [6, 6.07) is 4.39. The van der Waals surface area contributed by atoms with Gasteiger partial charge < -0.3 is 15.4 Å². The molecular formula is C24H27F6N4OP. The number of alkyl halides is 5. The van der Waals surface area contributed by atoms with Crippen LogP contribution in [0.15, 0.2) is 30.3 Å². The van der Waals surface area contributed by atoms with Gasteiger partial charge >= 0.3 is 6.18 Å². The monoisotopic (exact) mass is 532 g/mol. The van der Waals surface area contributed by atoms with Gasteiger partial charge in [-0.15, -0.1) is 0 Å². The van der Waals surface area contributed by atoms with Gasteiger partial charge in [0.2, 0.25) is 0 Å². The summed E-state index contributed by atoms with van der Waals surface area (Å²) in [5, 5.41) is 6.80. The van der Waals surface area contributed by atoms with Gasteiger partial charge in [0.1, 0.15) is 23.5 Å². The molecule has 1 unspecified atom stereocenters. The van der Waals surface area contributed by atoms with Crippen LogP contribution in [-0.2, 0) is 4.74 Å². The van der Waals surface area contributed by atoms with Crippen molar-refractivity contribution in [3.05, 3.63) is 53.1 Å². The molecule has 3 rings (SSSR count). The molecule has 0 amide bonds. The van der Waals surface area contributed by atoms with Crippen molar-refractivity contribution in [3.63, 3.8) is 0 Å². The average Bonchev–Trinajstić information content (AvgIpc) is 2.77. The van der Waals surface area contributed by atoms with Crippen LogP contribution in [0.2, 0.25) is 0 Å². The zero-order valence-electron chi connectivity index (χ0n) is 20.3. The number of rotatable bonds is 9. The minimum atomic E-state index is -4.53. The maximum atomic E-state index is 14.7. The lowest BCUT2D eigenvalue weighted by Gasteiger charge is -2.25. The molecule has 2 N–H and O–H groups in total. The highest BCUT2D eigenvalue weighted by Crippen LogP contribution is 2.36. The molecule has 0 saturated carbocycles. The highest BCUT2D eigenvalue weighted by molar-refractivity contribution is 7.64. The van der Waals surface area contributed by atoms with E-state index in [9.17, 15) is 26.3 Å². The number of nitrogens with one attached hydrogen (secondary N) is 2. The molecule has 36 heavy (non-hydrogen) atoms. The Balaban J connectivity index is 2.07. The Bertz CT molecular complexity index is 1220. The number of anilines is 2. The third kappa shape index (κ3) is 6.18. The van der Waals surface area contributed by atoms with Gasteiger partial charge in [0.15, 0.2) is 0 Å². The quantitative estimate of drug-likeness (QED) is 0.242. The van der Waals surface area contributed by atoms with Gasteiger partial charge in [-0.05, 0) is 44.6 Å². The van der Waals surface area contributed by atoms with Gasteiger partial charge in [-0.3, -0.25) is 0 Å². The molecule has 0 aliphatic rings. The number of halogens is 6. The van der Waals surface area contributed by atoms with Crippen molar-refractivity contribution < 1.29 is 31.1 Å². The third-order valence-electron chi connectivity index (χ3n) is 5.58. The number of aryl methyl sites for hydroxylation is 1. The topological polar surface area (TPSA) is 59.1 Å². The van der Waals surface area contributed by atoms with Crippen LogP contribution in [0.5, 0.6) is 0 Å². The summed E-state index contributed by atoms with van der Waals surface area (Å²) in [5.41, 5.74) is 0.00326. The Morgan fingerprint density at radius 2 is 1.72 bits per heavy atom. The Labute approximate surface area is 206 Å². The Morgan fingerprint density at radius 1 is 1.06 bits per heavy atom. The van der Waals surface area contributed by atoms with Crippen LogP contribution in [0.25, 0.3) is 10.9 Å². The standard InChI is InChI=1S/C24H27F6N4OP/c1-12(14-7-6-8-15(21(14)25)22(26)27)31-23-16-9-19(36(4)5)18(10-17(16)32-13(2)33-23)34-20(11-35-3)24(28,29)30/h6-10,12,20,22,34H,11H2,1-5H3,(H,31,32,33)/t12-,20?/m1/s1. The summed E-state index contributed by atoms with van der Waals surface area (Å²) in [5.74, 6) is -0.352. The van der Waals surface area contributed by atoms with Crippen LogP contribution in [0.1, 0.15) is 36.3 Å². The van der Waals surface area contributed by atoms with Crippen LogP contribution < -0.4 is 15.9 Å². The van der Waals surface area contributed by atoms with E-state index in [0.717, 1.165) is 6.07 Å². The first-order chi connectivity index (χ1) is 16.8. The molecule has 0 radical (unpaired) electrons. The molecule has 1 heterocycles. The summed E-state index contributed by atoms with van der Waals surface area (Å²) in [7, 11) is 0.335. The zero-order chi connectivity index (χ0) is 26.8. The fourth-order valence-corrected chi connectivity index (χ4v) is 4.80. The summed E-state index contributed by atoms with van der Waals surface area (Å²) >= 11 is 0. The normalized spacial score (nSPS) is 13.9. The Morgan fingerprint density at radius 3 is 2.31 bits per heavy atom. The molecule has 1 aromatic heterocycles. The van der Waals surface area contributed by atoms with Crippen molar-refractivity contribution in [2.24, 2.45) is 0 Å². The van der Waals surface area contributed by atoms with E-state index < -0.39 is 50.6 Å². The predicted molar refractivity (Wildman–Crippen MR) is 131 cm³/mol. The number of hydrogen-bond acceptors (Lipinski definition) is 5. The van der Waals surface area contributed by atoms with Gasteiger partial charge in [0.05, 0.1) is 23.7 Å². The lowest BCUT2D eigenvalue weighted by molar-refractivity contribution is -0.151. The van der Waals surface area contributed by atoms with Crippen molar-refractivity contribution in [1.29, 1.82) is 0 Å². The lowest BCUT2D eigenvalue weighted by atomic mass is 10.0. The molecule has 2 atom stereocenters. The van der Waals surface area contributed by atoms with E-state index in [2.05, 4.69) is 20.6 Å². The highest BCUT2D eigenvalue weighted by atomic mass is 31.1. The number of fused-ring (bicyclic) bond motifs is 1. The fourth-order valence-electron chi connectivity index (χ4n) is 3.80. The summed E-state index contributed by atoms with van der Waals surface area (Å²) in [6.07, 6.45) is -7.49. The van der Waals surface area contributed by atoms with E-state index in [4.69, 9.17) is 4.74 Å². The average molecular weight is 532 g/mol. The number of benzene rings is 2. The lowest BCUT2D eigenvalue weighted by Crippen LogP contribution is -2.41. The smallest absolute Gasteiger partial charge is 0.382 e. The van der Waals surface area contributed by atoms with Gasteiger partial charge in [0.25, 0.3) is 6.43 Å². The van der Waals surface area contributed by atoms with Crippen LogP contribution in [-0.4, -0.2) is 49.2 Å². The first kappa shape index (κ1) is 27.9. The van der Waals surface area contributed by atoms with Crippen molar-refractivity contribution in [2.45, 2.75) is 38.5 Å². The largest absolute Gasteiger partial charge is 0.410 e. The number of aromatic nitrogens is 2. The van der Waals surface area contributed by atoms with Crippen LogP contribution >= 0.6 is 7.92 Å². The van der Waals surface area contributed by atoms with Crippen molar-refractivity contribution in [3.8, 4) is 0 Å². The fraction of sp³-hybridized carbons (Fsp3) is 0.417. The number of hydrogen-bond donors (Lipinski definition) is 2. The molecule has 0 aliphatic carbocycles. The van der Waals surface area contributed by atoms with Gasteiger partial charge in [0, 0.05) is 23.7 Å². The summed E-state index contributed by atoms with van der Waals surface area (Å²) < 4.78 is 86.4. The van der Waals surface area contributed by atoms with E-state index in [0.29, 0.717) is 27.8 Å². The highest BCUT2D eigenvalue weighted by Gasteiger charge is 2.40. The van der Waals surface area contributed by atoms with Crippen molar-refractivity contribution in [2.75, 3.05) is 37.7 Å². The van der Waals surface area contributed by atoms with Crippen LogP contribution in [0, 0.1) is 12.7 Å². The zero-order valence-corrected chi connectivity index (χ0v) is 21.2. The van der Waals surface area contributed by atoms with E-state index in [-0.39, 0.29) is 11.3 Å². The number of methoxy groups -OCH3 is 1. The Kier molecular flexibility index (Phi) is 8.67. The van der Waals surface area contributed by atoms with Crippen LogP contribution in [0.3, 0.4) is 0 Å². The molecule has 0 bridgehead atoms. The van der Waals surface area contributed by atoms with Gasteiger partial charge in [-0.25, -0.2) is 23.1 Å². The van der Waals surface area contributed by atoms with E-state index in [1.54, 1.807) is 19.9 Å². The minimum absolute atomic E-state index is 0.0385. The SMILES string of the molecule is COCC(Nc1cc2nc(C)nc(N[C@H](C)c3cccc(C(F)F)c3F)c2cc1P(C)C)C(F)(F)F. The van der Waals surface area contributed by atoms with Crippen molar-refractivity contribution in [1.82, 2.24) is 9.97 Å². The van der Waals surface area contributed by atoms with Crippen molar-refractivity contribution >= 4 is 35.6 Å². The predicted octanol–water partition coefficient (Wildman–Crippen LogP) is 6.54. The second-order valence-corrected chi connectivity index (χ2v) is 10.8. The molecule has 2 aromatic carbocycles. The molecular weight excluding hydrogens is 505 g/mol. The molecule has 0 spiro atoms. The molecule has 196 valence electrons. The van der Waals surface area contributed by atoms with Gasteiger partial charge in [-0.2, -0.15) is 13.2 Å². The Hall–Kier alpha value is -2.65. The van der Waals surface area contributed by atoms with Gasteiger partial charge in [-0.1, -0.05) is 26.1 Å². The molecule has 12 heteroatoms. The minimum Gasteiger partial charge on any atom is -0.382 e. The maximum Gasteiger partial charge on any atom is 0.410 e. The second kappa shape index (κ2) is 11.2. The summed E-state index contributed by atoms with van der Waals surface area (Å²) in [6.45, 7) is 6.46. The molecule has 5 nitrogen and oxygen atoms in total. The number of ether oxygens (including phenoxy) is 1. The van der Waals surface area contributed by atoms with Crippen LogP contribution in [0.4, 0.5) is 37.8 Å². The van der Waals surface area contributed by atoms with E-state index in [1.165, 1.54) is 25.3 Å². The molecule has 0 aliphatic heterocycles. The second-order valence-electron chi connectivity index (χ2n) is 8.51. The number of nitrogens with zero attached hydrogens (tertiary/aromatic N) is 2. The first-order valence-corrected chi connectivity index (χ1v) is 13.2. The molecule has 0 saturated heterocycles. The third-order valence-corrected chi connectivity index (χ3v) is 6.91. The molecule has 3 aromatic rings. The maximum absolute atomic E-state index is 14.7. The first-order valence-electron chi connectivity index (χ1n) is 11.0. The van der Waals surface area contributed by atoms with E-state index in [1.807, 2.05) is 13.3 Å². The van der Waals surface area contributed by atoms with E-state index >= 15 is 0 Å². The summed E-state index contributed by atoms with van der Waals surface area (Å²) in [4.78, 5) is 8.79.